The Morgan fingerprint density at radius 2 is 1.63 bits per heavy atom. The number of hydrogen-bond donors (Lipinski definition) is 2. The van der Waals surface area contributed by atoms with Gasteiger partial charge in [-0.05, 0) is 45.4 Å². The average Bonchev–Trinajstić information content (AvgIpc) is 3.29. The van der Waals surface area contributed by atoms with Crippen LogP contribution in [0.3, 0.4) is 0 Å². The van der Waals surface area contributed by atoms with Gasteiger partial charge in [0.25, 0.3) is 0 Å². The lowest BCUT2D eigenvalue weighted by Crippen LogP contribution is -2.50. The number of aromatic nitrogens is 3. The summed E-state index contributed by atoms with van der Waals surface area (Å²) in [5.41, 5.74) is 0. The zero-order valence-corrected chi connectivity index (χ0v) is 19.0. The van der Waals surface area contributed by atoms with E-state index in [4.69, 9.17) is 4.99 Å². The molecule has 0 amide bonds. The van der Waals surface area contributed by atoms with Crippen molar-refractivity contribution in [2.24, 2.45) is 12.0 Å². The second-order valence-electron chi connectivity index (χ2n) is 8.20. The van der Waals surface area contributed by atoms with Crippen molar-refractivity contribution in [1.29, 1.82) is 0 Å². The Morgan fingerprint density at radius 3 is 2.19 bits per heavy atom. The molecule has 1 aromatic rings. The number of halogens is 1. The molecule has 2 heterocycles. The second-order valence-corrected chi connectivity index (χ2v) is 8.20. The first-order valence-electron chi connectivity index (χ1n) is 10.4. The van der Waals surface area contributed by atoms with E-state index in [1.807, 2.05) is 18.5 Å². The first kappa shape index (κ1) is 20.8. The maximum atomic E-state index is 4.85. The van der Waals surface area contributed by atoms with E-state index in [0.717, 1.165) is 23.7 Å². The third-order valence-corrected chi connectivity index (χ3v) is 6.19. The predicted molar refractivity (Wildman–Crippen MR) is 118 cm³/mol. The van der Waals surface area contributed by atoms with E-state index in [2.05, 4.69) is 25.7 Å². The molecular formula is C19H34IN7. The SMILES string of the molecule is Cc1nnc(CN=C(NC2CCCC2)NC2CCN(C3CC3)CC2)n1C.I. The molecule has 0 bridgehead atoms. The van der Waals surface area contributed by atoms with Crippen molar-refractivity contribution in [3.63, 3.8) is 0 Å². The average molecular weight is 487 g/mol. The molecule has 7 nitrogen and oxygen atoms in total. The van der Waals surface area contributed by atoms with Crippen LogP contribution in [0.4, 0.5) is 0 Å². The van der Waals surface area contributed by atoms with Gasteiger partial charge in [0.05, 0.1) is 0 Å². The first-order valence-corrected chi connectivity index (χ1v) is 10.4. The highest BCUT2D eigenvalue weighted by molar-refractivity contribution is 14.0. The fourth-order valence-electron chi connectivity index (χ4n) is 4.18. The molecule has 152 valence electrons. The van der Waals surface area contributed by atoms with E-state index in [-0.39, 0.29) is 24.0 Å². The summed E-state index contributed by atoms with van der Waals surface area (Å²) < 4.78 is 2.02. The Labute approximate surface area is 179 Å². The molecule has 3 aliphatic rings. The highest BCUT2D eigenvalue weighted by atomic mass is 127. The van der Waals surface area contributed by atoms with Crippen LogP contribution in [0.15, 0.2) is 4.99 Å². The topological polar surface area (TPSA) is 70.4 Å². The highest BCUT2D eigenvalue weighted by Gasteiger charge is 2.32. The van der Waals surface area contributed by atoms with Crippen LogP contribution in [0.2, 0.25) is 0 Å². The van der Waals surface area contributed by atoms with E-state index in [0.29, 0.717) is 18.6 Å². The molecule has 4 rings (SSSR count). The quantitative estimate of drug-likeness (QED) is 0.379. The van der Waals surface area contributed by atoms with Gasteiger partial charge >= 0.3 is 0 Å². The maximum Gasteiger partial charge on any atom is 0.192 e. The van der Waals surface area contributed by atoms with Crippen molar-refractivity contribution in [2.75, 3.05) is 13.1 Å². The Morgan fingerprint density at radius 1 is 1.00 bits per heavy atom. The fraction of sp³-hybridized carbons (Fsp3) is 0.842. The summed E-state index contributed by atoms with van der Waals surface area (Å²) in [4.78, 5) is 7.52. The first-order chi connectivity index (χ1) is 12.7. The summed E-state index contributed by atoms with van der Waals surface area (Å²) in [5, 5.41) is 15.8. The summed E-state index contributed by atoms with van der Waals surface area (Å²) in [5.74, 6) is 2.81. The van der Waals surface area contributed by atoms with Crippen LogP contribution in [0.25, 0.3) is 0 Å². The number of hydrogen-bond acceptors (Lipinski definition) is 4. The van der Waals surface area contributed by atoms with Gasteiger partial charge in [-0.15, -0.1) is 34.2 Å². The number of guanidine groups is 1. The minimum atomic E-state index is 0. The van der Waals surface area contributed by atoms with Gasteiger partial charge in [-0.2, -0.15) is 0 Å². The summed E-state index contributed by atoms with van der Waals surface area (Å²) in [6.07, 6.45) is 10.4. The van der Waals surface area contributed by atoms with Gasteiger partial charge in [0, 0.05) is 38.3 Å². The third-order valence-electron chi connectivity index (χ3n) is 6.19. The van der Waals surface area contributed by atoms with Gasteiger partial charge in [0.15, 0.2) is 11.8 Å². The molecule has 2 aliphatic carbocycles. The number of nitrogens with zero attached hydrogens (tertiary/aromatic N) is 5. The summed E-state index contributed by atoms with van der Waals surface area (Å²) in [6.45, 7) is 4.99. The molecule has 0 atom stereocenters. The standard InChI is InChI=1S/C19H33N7.HI/c1-14-23-24-18(25(14)2)13-20-19(21-15-5-3-4-6-15)22-16-9-11-26(12-10-16)17-7-8-17;/h15-17H,3-13H2,1-2H3,(H2,20,21,22);1H. The van der Waals surface area contributed by atoms with E-state index in [1.54, 1.807) is 0 Å². The molecule has 0 spiro atoms. The highest BCUT2D eigenvalue weighted by Crippen LogP contribution is 2.29. The predicted octanol–water partition coefficient (Wildman–Crippen LogP) is 2.35. The molecule has 27 heavy (non-hydrogen) atoms. The zero-order chi connectivity index (χ0) is 17.9. The van der Waals surface area contributed by atoms with Crippen molar-refractivity contribution < 1.29 is 0 Å². The van der Waals surface area contributed by atoms with Crippen LogP contribution in [0.5, 0.6) is 0 Å². The molecule has 3 fully saturated rings. The van der Waals surface area contributed by atoms with E-state index in [9.17, 15) is 0 Å². The summed E-state index contributed by atoms with van der Waals surface area (Å²) in [6, 6.07) is 1.98. The van der Waals surface area contributed by atoms with E-state index < -0.39 is 0 Å². The lowest BCUT2D eigenvalue weighted by Gasteiger charge is -2.33. The minimum Gasteiger partial charge on any atom is -0.354 e. The van der Waals surface area contributed by atoms with E-state index in [1.165, 1.54) is 64.5 Å². The molecule has 0 aromatic carbocycles. The summed E-state index contributed by atoms with van der Waals surface area (Å²) >= 11 is 0. The number of rotatable bonds is 5. The fourth-order valence-corrected chi connectivity index (χ4v) is 4.18. The Hall–Kier alpha value is -0.900. The van der Waals surface area contributed by atoms with Crippen molar-refractivity contribution in [3.05, 3.63) is 11.6 Å². The smallest absolute Gasteiger partial charge is 0.192 e. The molecule has 1 saturated heterocycles. The van der Waals surface area contributed by atoms with Crippen molar-refractivity contribution in [1.82, 2.24) is 30.3 Å². The summed E-state index contributed by atoms with van der Waals surface area (Å²) in [7, 11) is 2.01. The van der Waals surface area contributed by atoms with E-state index >= 15 is 0 Å². The normalized spacial score (nSPS) is 22.7. The molecule has 0 radical (unpaired) electrons. The lowest BCUT2D eigenvalue weighted by molar-refractivity contribution is 0.197. The van der Waals surface area contributed by atoms with Crippen molar-refractivity contribution in [2.45, 2.75) is 83.0 Å². The maximum absolute atomic E-state index is 4.85. The number of aliphatic imine (C=N–C) groups is 1. The van der Waals surface area contributed by atoms with Crippen LogP contribution in [0.1, 0.15) is 63.0 Å². The number of nitrogens with one attached hydrogen (secondary N) is 2. The Balaban J connectivity index is 0.00000210. The van der Waals surface area contributed by atoms with Gasteiger partial charge in [0.2, 0.25) is 0 Å². The van der Waals surface area contributed by atoms with Gasteiger partial charge in [-0.25, -0.2) is 4.99 Å². The van der Waals surface area contributed by atoms with Crippen LogP contribution in [-0.2, 0) is 13.6 Å². The molecular weight excluding hydrogens is 453 g/mol. The Bertz CT molecular complexity index is 626. The Kier molecular flexibility index (Phi) is 7.35. The largest absolute Gasteiger partial charge is 0.354 e. The van der Waals surface area contributed by atoms with Crippen LogP contribution in [-0.4, -0.2) is 56.8 Å². The van der Waals surface area contributed by atoms with Crippen molar-refractivity contribution in [3.8, 4) is 0 Å². The van der Waals surface area contributed by atoms with Gasteiger partial charge in [-0.1, -0.05) is 12.8 Å². The minimum absolute atomic E-state index is 0. The molecule has 1 aromatic heterocycles. The lowest BCUT2D eigenvalue weighted by atomic mass is 10.1. The molecule has 0 unspecified atom stereocenters. The zero-order valence-electron chi connectivity index (χ0n) is 16.7. The second kappa shape index (κ2) is 9.54. The number of piperidine rings is 1. The van der Waals surface area contributed by atoms with Crippen molar-refractivity contribution >= 4 is 29.9 Å². The monoisotopic (exact) mass is 487 g/mol. The molecule has 8 heteroatoms. The molecule has 2 saturated carbocycles. The van der Waals surface area contributed by atoms with Gasteiger partial charge in [-0.3, -0.25) is 0 Å². The van der Waals surface area contributed by atoms with Gasteiger partial charge < -0.3 is 20.1 Å². The molecule has 1 aliphatic heterocycles. The van der Waals surface area contributed by atoms with Crippen LogP contribution < -0.4 is 10.6 Å². The molecule has 2 N–H and O–H groups in total. The number of aryl methyl sites for hydroxylation is 1. The third kappa shape index (κ3) is 5.56. The van der Waals surface area contributed by atoms with Gasteiger partial charge in [0.1, 0.15) is 12.4 Å². The van der Waals surface area contributed by atoms with Crippen LogP contribution >= 0.6 is 24.0 Å². The number of likely N-dealkylation sites (tertiary alicyclic amines) is 1. The van der Waals surface area contributed by atoms with Crippen LogP contribution in [0, 0.1) is 6.92 Å².